The van der Waals surface area contributed by atoms with Gasteiger partial charge in [0.1, 0.15) is 24.7 Å². The Bertz CT molecular complexity index is 1210. The first kappa shape index (κ1) is 24.3. The van der Waals surface area contributed by atoms with Crippen LogP contribution in [0.5, 0.6) is 5.75 Å². The van der Waals surface area contributed by atoms with Crippen molar-refractivity contribution in [1.29, 1.82) is 0 Å². The fourth-order valence-electron chi connectivity index (χ4n) is 3.11. The molecule has 0 aliphatic rings. The minimum absolute atomic E-state index is 0.102. The van der Waals surface area contributed by atoms with Crippen molar-refractivity contribution < 1.29 is 22.3 Å². The SMILES string of the molecule is Cc1ccc(N(CC(=O)NCCOc2ccc(C)c(C)c2)S(=O)(=O)c2ccc(F)cc2)cc1. The number of hydrogen-bond acceptors (Lipinski definition) is 4. The van der Waals surface area contributed by atoms with E-state index in [-0.39, 0.29) is 18.0 Å². The van der Waals surface area contributed by atoms with Gasteiger partial charge < -0.3 is 10.1 Å². The molecule has 0 bridgehead atoms. The monoisotopic (exact) mass is 470 g/mol. The van der Waals surface area contributed by atoms with Gasteiger partial charge in [0.15, 0.2) is 0 Å². The topological polar surface area (TPSA) is 75.7 Å². The highest BCUT2D eigenvalue weighted by Gasteiger charge is 2.27. The lowest BCUT2D eigenvalue weighted by Gasteiger charge is -2.24. The fourth-order valence-corrected chi connectivity index (χ4v) is 4.53. The minimum Gasteiger partial charge on any atom is -0.492 e. The first-order valence-corrected chi connectivity index (χ1v) is 11.9. The maximum atomic E-state index is 13.3. The number of carbonyl (C=O) groups excluding carboxylic acids is 1. The molecule has 0 fully saturated rings. The van der Waals surface area contributed by atoms with Crippen LogP contribution in [0.25, 0.3) is 0 Å². The van der Waals surface area contributed by atoms with Crippen molar-refractivity contribution in [1.82, 2.24) is 5.32 Å². The smallest absolute Gasteiger partial charge is 0.264 e. The molecule has 0 aliphatic heterocycles. The summed E-state index contributed by atoms with van der Waals surface area (Å²) >= 11 is 0. The molecule has 1 N–H and O–H groups in total. The highest BCUT2D eigenvalue weighted by Crippen LogP contribution is 2.24. The number of sulfonamides is 1. The van der Waals surface area contributed by atoms with Crippen molar-refractivity contribution >= 4 is 21.6 Å². The Morgan fingerprint density at radius 3 is 2.24 bits per heavy atom. The average Bonchev–Trinajstić information content (AvgIpc) is 2.78. The average molecular weight is 471 g/mol. The van der Waals surface area contributed by atoms with Crippen molar-refractivity contribution in [3.05, 3.63) is 89.2 Å². The van der Waals surface area contributed by atoms with Crippen molar-refractivity contribution in [3.63, 3.8) is 0 Å². The first-order chi connectivity index (χ1) is 15.7. The second-order valence-corrected chi connectivity index (χ2v) is 9.61. The predicted octanol–water partition coefficient (Wildman–Crippen LogP) is 4.14. The zero-order valence-electron chi connectivity index (χ0n) is 18.8. The third kappa shape index (κ3) is 6.32. The summed E-state index contributed by atoms with van der Waals surface area (Å²) in [6.45, 7) is 5.91. The molecule has 0 unspecified atom stereocenters. The molecule has 3 aromatic carbocycles. The van der Waals surface area contributed by atoms with Gasteiger partial charge in [0, 0.05) is 0 Å². The first-order valence-electron chi connectivity index (χ1n) is 10.5. The predicted molar refractivity (Wildman–Crippen MR) is 127 cm³/mol. The van der Waals surface area contributed by atoms with Crippen LogP contribution in [0.15, 0.2) is 71.6 Å². The summed E-state index contributed by atoms with van der Waals surface area (Å²) in [6, 6.07) is 17.0. The summed E-state index contributed by atoms with van der Waals surface area (Å²) in [5, 5.41) is 2.69. The zero-order valence-corrected chi connectivity index (χ0v) is 19.7. The largest absolute Gasteiger partial charge is 0.492 e. The number of halogens is 1. The van der Waals surface area contributed by atoms with Gasteiger partial charge >= 0.3 is 0 Å². The van der Waals surface area contributed by atoms with E-state index < -0.39 is 28.3 Å². The number of benzene rings is 3. The molecular weight excluding hydrogens is 443 g/mol. The Hall–Kier alpha value is -3.39. The number of nitrogens with zero attached hydrogens (tertiary/aromatic N) is 1. The Morgan fingerprint density at radius 1 is 0.939 bits per heavy atom. The fraction of sp³-hybridized carbons (Fsp3) is 0.240. The van der Waals surface area contributed by atoms with Gasteiger partial charge in [0.2, 0.25) is 5.91 Å². The van der Waals surface area contributed by atoms with Crippen molar-refractivity contribution in [2.75, 3.05) is 24.0 Å². The lowest BCUT2D eigenvalue weighted by atomic mass is 10.1. The van der Waals surface area contributed by atoms with Crippen molar-refractivity contribution in [2.24, 2.45) is 0 Å². The zero-order chi connectivity index (χ0) is 24.0. The Labute approximate surface area is 194 Å². The van der Waals surface area contributed by atoms with Crippen LogP contribution in [0.4, 0.5) is 10.1 Å². The second-order valence-electron chi connectivity index (χ2n) is 7.75. The molecule has 0 aromatic heterocycles. The number of aryl methyl sites for hydroxylation is 3. The number of anilines is 1. The third-order valence-corrected chi connectivity index (χ3v) is 6.97. The molecule has 0 saturated heterocycles. The van der Waals surface area contributed by atoms with E-state index in [0.717, 1.165) is 33.1 Å². The van der Waals surface area contributed by atoms with E-state index in [0.29, 0.717) is 11.4 Å². The molecule has 0 saturated carbocycles. The van der Waals surface area contributed by atoms with E-state index in [1.165, 1.54) is 12.1 Å². The van der Waals surface area contributed by atoms with Crippen LogP contribution in [0.2, 0.25) is 0 Å². The quantitative estimate of drug-likeness (QED) is 0.477. The maximum Gasteiger partial charge on any atom is 0.264 e. The van der Waals surface area contributed by atoms with Gasteiger partial charge in [-0.3, -0.25) is 9.10 Å². The number of rotatable bonds is 9. The lowest BCUT2D eigenvalue weighted by molar-refractivity contribution is -0.119. The highest BCUT2D eigenvalue weighted by atomic mass is 32.2. The maximum absolute atomic E-state index is 13.3. The summed E-state index contributed by atoms with van der Waals surface area (Å²) in [5.74, 6) is -0.324. The van der Waals surface area contributed by atoms with Crippen LogP contribution in [0.3, 0.4) is 0 Å². The molecule has 0 spiro atoms. The van der Waals surface area contributed by atoms with E-state index in [1.807, 2.05) is 39.0 Å². The van der Waals surface area contributed by atoms with Crippen LogP contribution in [-0.2, 0) is 14.8 Å². The summed E-state index contributed by atoms with van der Waals surface area (Å²) in [7, 11) is -4.09. The van der Waals surface area contributed by atoms with Gasteiger partial charge in [0.25, 0.3) is 10.0 Å². The normalized spacial score (nSPS) is 11.2. The number of ether oxygens (including phenoxy) is 1. The van der Waals surface area contributed by atoms with Crippen LogP contribution in [-0.4, -0.2) is 34.0 Å². The van der Waals surface area contributed by atoms with E-state index >= 15 is 0 Å². The minimum atomic E-state index is -4.09. The molecule has 8 heteroatoms. The Morgan fingerprint density at radius 2 is 1.61 bits per heavy atom. The molecule has 3 aromatic rings. The van der Waals surface area contributed by atoms with Crippen molar-refractivity contribution in [3.8, 4) is 5.75 Å². The number of nitrogens with one attached hydrogen (secondary N) is 1. The molecule has 3 rings (SSSR count). The number of carbonyl (C=O) groups is 1. The molecule has 6 nitrogen and oxygen atoms in total. The molecule has 174 valence electrons. The van der Waals surface area contributed by atoms with Gasteiger partial charge in [-0.05, 0) is 80.4 Å². The summed E-state index contributed by atoms with van der Waals surface area (Å²) in [6.07, 6.45) is 0. The molecular formula is C25H27FN2O4S. The van der Waals surface area contributed by atoms with Gasteiger partial charge in [-0.25, -0.2) is 12.8 Å². The highest BCUT2D eigenvalue weighted by molar-refractivity contribution is 7.92. The third-order valence-electron chi connectivity index (χ3n) is 5.18. The Kier molecular flexibility index (Phi) is 7.71. The summed E-state index contributed by atoms with van der Waals surface area (Å²) in [5.41, 5.74) is 3.56. The van der Waals surface area contributed by atoms with Gasteiger partial charge in [-0.1, -0.05) is 23.8 Å². The molecule has 0 atom stereocenters. The Balaban J connectivity index is 1.69. The molecule has 0 aliphatic carbocycles. The van der Waals surface area contributed by atoms with Crippen molar-refractivity contribution in [2.45, 2.75) is 25.7 Å². The number of amides is 1. The molecule has 1 amide bonds. The van der Waals surface area contributed by atoms with Gasteiger partial charge in [0.05, 0.1) is 17.1 Å². The van der Waals surface area contributed by atoms with Gasteiger partial charge in [-0.2, -0.15) is 0 Å². The molecule has 0 radical (unpaired) electrons. The standard InChI is InChI=1S/C25H27FN2O4S/c1-18-4-9-22(10-5-18)28(33(30,31)24-12-7-21(26)8-13-24)17-25(29)27-14-15-32-23-11-6-19(2)20(3)16-23/h4-13,16H,14-15,17H2,1-3H3,(H,27,29). The van der Waals surface area contributed by atoms with E-state index in [9.17, 15) is 17.6 Å². The van der Waals surface area contributed by atoms with E-state index in [2.05, 4.69) is 5.32 Å². The van der Waals surface area contributed by atoms with E-state index in [1.54, 1.807) is 24.3 Å². The lowest BCUT2D eigenvalue weighted by Crippen LogP contribution is -2.41. The summed E-state index contributed by atoms with van der Waals surface area (Å²) < 4.78 is 46.5. The summed E-state index contributed by atoms with van der Waals surface area (Å²) in [4.78, 5) is 12.5. The van der Waals surface area contributed by atoms with Crippen LogP contribution < -0.4 is 14.4 Å². The number of hydrogen-bond donors (Lipinski definition) is 1. The van der Waals surface area contributed by atoms with Crippen LogP contribution in [0.1, 0.15) is 16.7 Å². The van der Waals surface area contributed by atoms with Crippen LogP contribution in [0, 0.1) is 26.6 Å². The van der Waals surface area contributed by atoms with E-state index in [4.69, 9.17) is 4.74 Å². The molecule has 0 heterocycles. The second kappa shape index (κ2) is 10.5. The van der Waals surface area contributed by atoms with Crippen LogP contribution >= 0.6 is 0 Å². The molecule has 33 heavy (non-hydrogen) atoms. The van der Waals surface area contributed by atoms with Gasteiger partial charge in [-0.15, -0.1) is 0 Å².